The minimum atomic E-state index is -4.51. The second-order valence-electron chi connectivity index (χ2n) is 17.3. The fraction of sp³-hybridized carbons (Fsp3) is 0.453. The summed E-state index contributed by atoms with van der Waals surface area (Å²) in [4.78, 5) is 27.6. The first-order valence-electron chi connectivity index (χ1n) is 24.6. The molecule has 0 saturated carbocycles. The summed E-state index contributed by atoms with van der Waals surface area (Å²) in [6.45, 7) is 5.53. The lowest BCUT2D eigenvalue weighted by Gasteiger charge is -2.14. The van der Waals surface area contributed by atoms with E-state index in [4.69, 9.17) is 55.7 Å². The average molecular weight is 1060 g/mol. The first kappa shape index (κ1) is 56.0. The normalized spacial score (nSPS) is 11.4. The number of nitrogens with one attached hydrogen (secondary N) is 3. The van der Waals surface area contributed by atoms with Crippen molar-refractivity contribution in [2.75, 3.05) is 18.4 Å². The number of unbranched alkanes of at least 4 members (excludes halogenated alkanes) is 18. The zero-order valence-corrected chi connectivity index (χ0v) is 44.6. The average Bonchev–Trinajstić information content (AvgIpc) is 3.64. The summed E-state index contributed by atoms with van der Waals surface area (Å²) < 4.78 is 35.3. The predicted octanol–water partition coefficient (Wildman–Crippen LogP) is 16.4. The molecular formula is C53H67Cl4N5O5S2. The van der Waals surface area contributed by atoms with Gasteiger partial charge in [0.2, 0.25) is 0 Å². The van der Waals surface area contributed by atoms with Gasteiger partial charge in [-0.05, 0) is 73.5 Å². The number of carbonyl (C=O) groups is 2. The van der Waals surface area contributed by atoms with Crippen LogP contribution in [0.4, 0.5) is 11.5 Å². The van der Waals surface area contributed by atoms with E-state index in [0.717, 1.165) is 50.3 Å². The maximum Gasteiger partial charge on any atom is 0.340 e. The van der Waals surface area contributed by atoms with Gasteiger partial charge in [-0.1, -0.05) is 212 Å². The van der Waals surface area contributed by atoms with Gasteiger partial charge in [0.15, 0.2) is 5.82 Å². The Balaban J connectivity index is 1.40. The number of hydrogen-bond acceptors (Lipinski definition) is 8. The van der Waals surface area contributed by atoms with Gasteiger partial charge in [0, 0.05) is 34.1 Å². The third-order valence-electron chi connectivity index (χ3n) is 11.6. The van der Waals surface area contributed by atoms with Crippen LogP contribution in [-0.4, -0.2) is 43.1 Å². The number of benzene rings is 4. The molecule has 0 bridgehead atoms. The number of rotatable bonds is 32. The van der Waals surface area contributed by atoms with Gasteiger partial charge < -0.3 is 20.1 Å². The molecule has 4 aromatic carbocycles. The van der Waals surface area contributed by atoms with Crippen molar-refractivity contribution in [2.24, 2.45) is 0 Å². The molecule has 0 spiro atoms. The van der Waals surface area contributed by atoms with Crippen LogP contribution in [0.2, 0.25) is 20.1 Å². The first-order chi connectivity index (χ1) is 33.4. The Labute approximate surface area is 434 Å². The number of aromatic nitrogens is 2. The molecule has 0 aliphatic carbocycles. The maximum atomic E-state index is 14.1. The standard InChI is InChI=1S/C53H67Cl4N5O5S2/c1-3-5-7-9-11-13-15-17-19-24-33-58-51(63)39-27-26-28-42(35-39)68-49-50(60-47-36-40(31-32-44(47)55)52(64)59-34-25-20-18-16-14-12-10-8-6-4-2)61-62(48-45(56)37-41(54)38-46(48)57)53(49)67-69(65,66)43-29-22-21-23-30-43/h21-23,26-32,35-38H,3-20,24-25,33-34H2,1-2H3,(H,58,63)(H,59,64)(H,60,61). The molecular weight excluding hydrogens is 993 g/mol. The Morgan fingerprint density at radius 1 is 0.594 bits per heavy atom. The number of halogens is 4. The molecule has 0 aliphatic heterocycles. The topological polar surface area (TPSA) is 131 Å². The Bertz CT molecular complexity index is 2480. The first-order valence-corrected chi connectivity index (χ1v) is 28.3. The highest BCUT2D eigenvalue weighted by atomic mass is 35.5. The minimum absolute atomic E-state index is 0.0558. The molecule has 0 fully saturated rings. The summed E-state index contributed by atoms with van der Waals surface area (Å²) in [6.07, 6.45) is 23.9. The van der Waals surface area contributed by atoms with Crippen LogP contribution in [0, 0.1) is 0 Å². The van der Waals surface area contributed by atoms with Crippen molar-refractivity contribution in [1.82, 2.24) is 20.4 Å². The monoisotopic (exact) mass is 1060 g/mol. The second-order valence-corrected chi connectivity index (χ2v) is 21.6. The summed E-state index contributed by atoms with van der Waals surface area (Å²) in [5.74, 6) is -0.692. The minimum Gasteiger partial charge on any atom is -0.357 e. The predicted molar refractivity (Wildman–Crippen MR) is 287 cm³/mol. The van der Waals surface area contributed by atoms with E-state index in [1.54, 1.807) is 60.7 Å². The SMILES string of the molecule is CCCCCCCCCCCCNC(=O)c1cccc(Sc2c(Nc3cc(C(=O)NCCCCCCCCCCCC)ccc3Cl)nn(-c3c(Cl)cc(Cl)cc3Cl)c2OS(=O)(=O)c2ccccc2)c1. The van der Waals surface area contributed by atoms with Crippen molar-refractivity contribution in [2.45, 2.75) is 157 Å². The molecule has 374 valence electrons. The summed E-state index contributed by atoms with van der Waals surface area (Å²) in [5, 5.41) is 14.8. The maximum absolute atomic E-state index is 14.1. The van der Waals surface area contributed by atoms with Crippen molar-refractivity contribution >= 4 is 91.6 Å². The van der Waals surface area contributed by atoms with E-state index in [-0.39, 0.29) is 59.1 Å². The summed E-state index contributed by atoms with van der Waals surface area (Å²) >= 11 is 27.8. The Kier molecular flexibility index (Phi) is 24.4. The third kappa shape index (κ3) is 18.3. The number of anilines is 2. The Hall–Kier alpha value is -3.91. The molecule has 0 saturated heterocycles. The van der Waals surface area contributed by atoms with Gasteiger partial charge in [0.25, 0.3) is 17.7 Å². The van der Waals surface area contributed by atoms with Crippen LogP contribution in [0.5, 0.6) is 5.88 Å². The van der Waals surface area contributed by atoms with Gasteiger partial charge in [0.1, 0.15) is 15.5 Å². The molecule has 0 unspecified atom stereocenters. The van der Waals surface area contributed by atoms with Crippen molar-refractivity contribution in [3.8, 4) is 11.6 Å². The molecule has 5 rings (SSSR count). The van der Waals surface area contributed by atoms with Gasteiger partial charge in [-0.2, -0.15) is 13.1 Å². The lowest BCUT2D eigenvalue weighted by molar-refractivity contribution is 0.0944. The lowest BCUT2D eigenvalue weighted by Crippen LogP contribution is -2.24. The van der Waals surface area contributed by atoms with E-state index >= 15 is 0 Å². The molecule has 0 atom stereocenters. The molecule has 0 radical (unpaired) electrons. The van der Waals surface area contributed by atoms with E-state index in [1.165, 1.54) is 119 Å². The largest absolute Gasteiger partial charge is 0.357 e. The molecule has 1 aromatic heterocycles. The molecule has 1 heterocycles. The summed E-state index contributed by atoms with van der Waals surface area (Å²) in [6, 6.07) is 22.4. The van der Waals surface area contributed by atoms with Crippen LogP contribution in [0.25, 0.3) is 5.69 Å². The van der Waals surface area contributed by atoms with Gasteiger partial charge in [-0.25, -0.2) is 0 Å². The highest BCUT2D eigenvalue weighted by Gasteiger charge is 2.30. The summed E-state index contributed by atoms with van der Waals surface area (Å²) in [7, 11) is -4.51. The van der Waals surface area contributed by atoms with E-state index in [0.29, 0.717) is 34.8 Å². The number of hydrogen-bond donors (Lipinski definition) is 3. The molecule has 2 amide bonds. The molecule has 10 nitrogen and oxygen atoms in total. The number of carbonyl (C=O) groups excluding carboxylic acids is 2. The van der Waals surface area contributed by atoms with Crippen molar-refractivity contribution in [1.29, 1.82) is 0 Å². The van der Waals surface area contributed by atoms with Gasteiger partial charge in [-0.3, -0.25) is 9.59 Å². The Morgan fingerprint density at radius 3 is 1.64 bits per heavy atom. The smallest absolute Gasteiger partial charge is 0.340 e. The fourth-order valence-corrected chi connectivity index (χ4v) is 10.9. The van der Waals surface area contributed by atoms with Gasteiger partial charge in [-0.15, -0.1) is 5.10 Å². The highest BCUT2D eigenvalue weighted by Crippen LogP contribution is 2.46. The van der Waals surface area contributed by atoms with Crippen molar-refractivity contribution in [3.63, 3.8) is 0 Å². The van der Waals surface area contributed by atoms with Crippen LogP contribution < -0.4 is 20.1 Å². The van der Waals surface area contributed by atoms with E-state index < -0.39 is 10.1 Å². The fourth-order valence-electron chi connectivity index (χ4n) is 7.80. The van der Waals surface area contributed by atoms with Crippen LogP contribution in [-0.2, 0) is 10.1 Å². The van der Waals surface area contributed by atoms with E-state index in [1.807, 2.05) is 0 Å². The highest BCUT2D eigenvalue weighted by molar-refractivity contribution is 7.99. The van der Waals surface area contributed by atoms with Crippen molar-refractivity contribution < 1.29 is 22.2 Å². The number of amides is 2. The van der Waals surface area contributed by atoms with Crippen LogP contribution in [0.3, 0.4) is 0 Å². The molecule has 3 N–H and O–H groups in total. The number of nitrogens with zero attached hydrogens (tertiary/aromatic N) is 2. The Morgan fingerprint density at radius 2 is 1.10 bits per heavy atom. The third-order valence-corrected chi connectivity index (χ3v) is 15.1. The quantitative estimate of drug-likeness (QED) is 0.0287. The molecule has 16 heteroatoms. The lowest BCUT2D eigenvalue weighted by atomic mass is 10.1. The van der Waals surface area contributed by atoms with E-state index in [2.05, 4.69) is 29.8 Å². The van der Waals surface area contributed by atoms with E-state index in [9.17, 15) is 18.0 Å². The second kappa shape index (κ2) is 30.1. The van der Waals surface area contributed by atoms with Crippen LogP contribution in [0.15, 0.2) is 99.6 Å². The molecule has 0 aliphatic rings. The molecule has 69 heavy (non-hydrogen) atoms. The van der Waals surface area contributed by atoms with Crippen LogP contribution in [0.1, 0.15) is 163 Å². The zero-order chi connectivity index (χ0) is 49.4. The zero-order valence-electron chi connectivity index (χ0n) is 39.9. The van der Waals surface area contributed by atoms with Crippen LogP contribution >= 0.6 is 58.2 Å². The summed E-state index contributed by atoms with van der Waals surface area (Å²) in [5.41, 5.74) is 1.16. The van der Waals surface area contributed by atoms with Gasteiger partial charge in [0.05, 0.1) is 20.8 Å². The van der Waals surface area contributed by atoms with Crippen molar-refractivity contribution in [3.05, 3.63) is 116 Å². The molecule has 5 aromatic rings. The van der Waals surface area contributed by atoms with Gasteiger partial charge >= 0.3 is 10.1 Å².